The lowest BCUT2D eigenvalue weighted by atomic mass is 9.84. The zero-order valence-corrected chi connectivity index (χ0v) is 20.6. The number of aromatic nitrogens is 3. The maximum absolute atomic E-state index is 13.7. The van der Waals surface area contributed by atoms with Crippen molar-refractivity contribution in [2.75, 3.05) is 18.4 Å². The molecule has 2 aromatic heterocycles. The highest BCUT2D eigenvalue weighted by Gasteiger charge is 2.35. The van der Waals surface area contributed by atoms with Crippen molar-refractivity contribution in [2.45, 2.75) is 44.2 Å². The summed E-state index contributed by atoms with van der Waals surface area (Å²) in [6.07, 6.45) is 0.197. The van der Waals surface area contributed by atoms with Gasteiger partial charge in [-0.2, -0.15) is 13.2 Å². The van der Waals surface area contributed by atoms with Crippen LogP contribution in [-0.4, -0.2) is 57.5 Å². The van der Waals surface area contributed by atoms with Gasteiger partial charge in [0.2, 0.25) is 5.95 Å². The second kappa shape index (κ2) is 12.2. The second-order valence-electron chi connectivity index (χ2n) is 9.22. The summed E-state index contributed by atoms with van der Waals surface area (Å²) >= 11 is 0. The molecule has 0 atom stereocenters. The van der Waals surface area contributed by atoms with Gasteiger partial charge in [-0.15, -0.1) is 0 Å². The van der Waals surface area contributed by atoms with Gasteiger partial charge in [0, 0.05) is 23.8 Å². The van der Waals surface area contributed by atoms with Crippen LogP contribution in [-0.2, 0) is 35.0 Å². The van der Waals surface area contributed by atoms with E-state index < -0.39 is 17.7 Å². The van der Waals surface area contributed by atoms with Gasteiger partial charge in [-0.1, -0.05) is 18.2 Å². The van der Waals surface area contributed by atoms with Gasteiger partial charge in [0.05, 0.1) is 23.9 Å². The van der Waals surface area contributed by atoms with E-state index in [4.69, 9.17) is 5.11 Å². The normalized spacial score (nSPS) is 14.7. The number of hydrogen-bond acceptors (Lipinski definition) is 7. The van der Waals surface area contributed by atoms with Crippen LogP contribution in [0.3, 0.4) is 0 Å². The van der Waals surface area contributed by atoms with Crippen molar-refractivity contribution in [1.29, 1.82) is 0 Å². The number of rotatable bonds is 10. The molecule has 1 aliphatic heterocycles. The van der Waals surface area contributed by atoms with Crippen molar-refractivity contribution >= 4 is 31.2 Å². The standard InChI is InChI=1S/C26H27BF3N5O3/c28-26(29,30)21-15-32-25(34-23(21)8-7-22-19(14-24(37)38)2-1-11-31-22)33-20-5-3-17(4-6-20)18-9-12-35(13-10-18)27-16-36/h1-6,11,15-16,18,27H,7-10,12-14H2,(H,37,38)(H,32,33,34). The van der Waals surface area contributed by atoms with Crippen LogP contribution in [0.15, 0.2) is 48.8 Å². The maximum Gasteiger partial charge on any atom is 0.419 e. The van der Waals surface area contributed by atoms with Gasteiger partial charge >= 0.3 is 12.1 Å². The van der Waals surface area contributed by atoms with Crippen LogP contribution in [0.5, 0.6) is 0 Å². The van der Waals surface area contributed by atoms with Crippen LogP contribution in [0.4, 0.5) is 24.8 Å². The number of carboxylic acids is 1. The van der Waals surface area contributed by atoms with Gasteiger partial charge < -0.3 is 20.0 Å². The van der Waals surface area contributed by atoms with Crippen LogP contribution >= 0.6 is 0 Å². The molecule has 0 saturated carbocycles. The Morgan fingerprint density at radius 3 is 2.47 bits per heavy atom. The third-order valence-corrected chi connectivity index (χ3v) is 6.66. The number of aryl methyl sites for hydroxylation is 2. The number of carbonyl (C=O) groups is 2. The molecule has 1 aromatic carbocycles. The van der Waals surface area contributed by atoms with E-state index in [1.165, 1.54) is 11.8 Å². The Morgan fingerprint density at radius 2 is 1.82 bits per heavy atom. The molecule has 38 heavy (non-hydrogen) atoms. The number of hydrogen-bond donors (Lipinski definition) is 2. The highest BCUT2D eigenvalue weighted by molar-refractivity contribution is 6.64. The number of nitrogens with one attached hydrogen (secondary N) is 1. The Bertz CT molecular complexity index is 1270. The largest absolute Gasteiger partial charge is 0.481 e. The highest BCUT2D eigenvalue weighted by Crippen LogP contribution is 2.33. The number of pyridine rings is 1. The summed E-state index contributed by atoms with van der Waals surface area (Å²) in [7, 11) is 0.454. The fourth-order valence-electron chi connectivity index (χ4n) is 4.68. The summed E-state index contributed by atoms with van der Waals surface area (Å²) in [5, 5.41) is 12.1. The highest BCUT2D eigenvalue weighted by atomic mass is 19.4. The van der Waals surface area contributed by atoms with Crippen molar-refractivity contribution in [3.05, 3.63) is 76.9 Å². The zero-order valence-electron chi connectivity index (χ0n) is 20.6. The lowest BCUT2D eigenvalue weighted by molar-refractivity contribution is -0.139. The Labute approximate surface area is 218 Å². The second-order valence-corrected chi connectivity index (χ2v) is 9.22. The van der Waals surface area contributed by atoms with Crippen LogP contribution in [0.1, 0.15) is 46.8 Å². The van der Waals surface area contributed by atoms with E-state index in [1.807, 2.05) is 24.3 Å². The predicted molar refractivity (Wildman–Crippen MR) is 137 cm³/mol. The molecule has 2 N–H and O–H groups in total. The third-order valence-electron chi connectivity index (χ3n) is 6.66. The third kappa shape index (κ3) is 7.15. The van der Waals surface area contributed by atoms with E-state index in [1.54, 1.807) is 12.1 Å². The summed E-state index contributed by atoms with van der Waals surface area (Å²) in [6, 6.07) is 10.9. The summed E-state index contributed by atoms with van der Waals surface area (Å²) in [4.78, 5) is 36.2. The topological polar surface area (TPSA) is 108 Å². The van der Waals surface area contributed by atoms with Crippen molar-refractivity contribution in [3.63, 3.8) is 0 Å². The van der Waals surface area contributed by atoms with Gasteiger partial charge in [-0.3, -0.25) is 9.78 Å². The average molecular weight is 525 g/mol. The predicted octanol–water partition coefficient (Wildman–Crippen LogP) is 3.77. The average Bonchev–Trinajstić information content (AvgIpc) is 2.88. The SMILES string of the molecule is O=CBN1CCC(c2ccc(Nc3ncc(C(F)(F)F)c(CCc4ncccc4CC(=O)O)n3)cc2)CC1. The minimum Gasteiger partial charge on any atom is -0.481 e. The van der Waals surface area contributed by atoms with Gasteiger partial charge in [0.15, 0.2) is 0 Å². The molecule has 198 valence electrons. The van der Waals surface area contributed by atoms with E-state index in [9.17, 15) is 22.8 Å². The number of carbonyl (C=O) groups excluding carboxylic acids is 1. The number of carboxylic acid groups (broad SMARTS) is 1. The number of anilines is 2. The fraction of sp³-hybridized carbons (Fsp3) is 0.346. The van der Waals surface area contributed by atoms with Crippen LogP contribution in [0.25, 0.3) is 0 Å². The Morgan fingerprint density at radius 1 is 1.11 bits per heavy atom. The maximum atomic E-state index is 13.7. The first-order valence-electron chi connectivity index (χ1n) is 12.3. The summed E-state index contributed by atoms with van der Waals surface area (Å²) in [5.41, 5.74) is 1.56. The molecule has 3 heterocycles. The molecule has 1 fully saturated rings. The van der Waals surface area contributed by atoms with E-state index in [0.29, 0.717) is 30.3 Å². The summed E-state index contributed by atoms with van der Waals surface area (Å²) in [5.74, 6) is -0.619. The van der Waals surface area contributed by atoms with Crippen molar-refractivity contribution < 1.29 is 27.9 Å². The van der Waals surface area contributed by atoms with E-state index in [2.05, 4.69) is 25.1 Å². The number of alkyl halides is 3. The van der Waals surface area contributed by atoms with Crippen molar-refractivity contribution in [2.24, 2.45) is 0 Å². The molecular weight excluding hydrogens is 498 g/mol. The number of benzene rings is 1. The summed E-state index contributed by atoms with van der Waals surface area (Å²) < 4.78 is 41.0. The molecule has 0 aliphatic carbocycles. The molecule has 1 aliphatic rings. The van der Waals surface area contributed by atoms with Gasteiger partial charge in [0.25, 0.3) is 7.41 Å². The molecule has 8 nitrogen and oxygen atoms in total. The smallest absolute Gasteiger partial charge is 0.419 e. The van der Waals surface area contributed by atoms with Crippen LogP contribution in [0, 0.1) is 0 Å². The van der Waals surface area contributed by atoms with Crippen molar-refractivity contribution in [1.82, 2.24) is 19.8 Å². The first-order chi connectivity index (χ1) is 18.2. The Balaban J connectivity index is 1.47. The zero-order chi connectivity index (χ0) is 27.1. The molecule has 0 amide bonds. The first-order valence-corrected chi connectivity index (χ1v) is 12.3. The van der Waals surface area contributed by atoms with Gasteiger partial charge in [-0.25, -0.2) is 9.97 Å². The molecule has 3 aromatic rings. The molecule has 4 rings (SSSR count). The minimum atomic E-state index is -4.63. The van der Waals surface area contributed by atoms with Gasteiger partial charge in [-0.05, 0) is 74.0 Å². The van der Waals surface area contributed by atoms with E-state index >= 15 is 0 Å². The molecule has 0 radical (unpaired) electrons. The molecule has 0 spiro atoms. The lowest BCUT2D eigenvalue weighted by Crippen LogP contribution is -2.36. The molecule has 12 heteroatoms. The number of halogens is 3. The molecule has 0 unspecified atom stereocenters. The van der Waals surface area contributed by atoms with Crippen molar-refractivity contribution in [3.8, 4) is 0 Å². The first kappa shape index (κ1) is 27.2. The number of piperidine rings is 1. The Hall–Kier alpha value is -3.80. The van der Waals surface area contributed by atoms with E-state index in [0.717, 1.165) is 38.3 Å². The molecule has 1 saturated heterocycles. The Kier molecular flexibility index (Phi) is 8.72. The van der Waals surface area contributed by atoms with Gasteiger partial charge in [0.1, 0.15) is 0 Å². The quantitative estimate of drug-likeness (QED) is 0.304. The molecular formula is C26H27BF3N5O3. The lowest BCUT2D eigenvalue weighted by Gasteiger charge is -2.30. The monoisotopic (exact) mass is 525 g/mol. The fourth-order valence-corrected chi connectivity index (χ4v) is 4.68. The molecule has 0 bridgehead atoms. The van der Waals surface area contributed by atoms with Crippen LogP contribution < -0.4 is 5.32 Å². The van der Waals surface area contributed by atoms with E-state index in [-0.39, 0.29) is 30.9 Å². The number of nitrogens with zero attached hydrogens (tertiary/aromatic N) is 4. The number of aliphatic carboxylic acids is 1. The van der Waals surface area contributed by atoms with Crippen LogP contribution in [0.2, 0.25) is 0 Å². The minimum absolute atomic E-state index is 0.0368. The summed E-state index contributed by atoms with van der Waals surface area (Å²) in [6.45, 7) is 1.73.